The number of nitrogens with one attached hydrogen (secondary N) is 1. The van der Waals surface area contributed by atoms with Crippen molar-refractivity contribution < 1.29 is 9.26 Å². The number of nitrogens with zero attached hydrogens (tertiary/aromatic N) is 2. The van der Waals surface area contributed by atoms with Crippen LogP contribution in [0.3, 0.4) is 0 Å². The Balaban J connectivity index is 2.67. The van der Waals surface area contributed by atoms with Crippen molar-refractivity contribution in [1.29, 1.82) is 0 Å². The molecule has 5 heteroatoms. The lowest BCUT2D eigenvalue weighted by Crippen LogP contribution is -2.35. The number of methoxy groups -OCH3 is 1. The maximum Gasteiger partial charge on any atom is 0.228 e. The molecule has 0 aliphatic heterocycles. The van der Waals surface area contributed by atoms with E-state index in [1.807, 2.05) is 6.92 Å². The molecule has 1 aromatic rings. The van der Waals surface area contributed by atoms with Gasteiger partial charge in [-0.2, -0.15) is 4.98 Å². The summed E-state index contributed by atoms with van der Waals surface area (Å²) in [6.07, 6.45) is 1.54. The number of likely N-dealkylation sites (N-methyl/N-ethyl adjacent to an activating group) is 1. The molecule has 1 rings (SSSR count). The zero-order valence-electron chi connectivity index (χ0n) is 12.1. The smallest absolute Gasteiger partial charge is 0.228 e. The minimum absolute atomic E-state index is 0.0702. The minimum Gasteiger partial charge on any atom is -0.373 e. The van der Waals surface area contributed by atoms with Crippen molar-refractivity contribution in [2.24, 2.45) is 5.92 Å². The van der Waals surface area contributed by atoms with Crippen LogP contribution >= 0.6 is 0 Å². The topological polar surface area (TPSA) is 60.2 Å². The normalized spacial score (nSPS) is 15.0. The van der Waals surface area contributed by atoms with Crippen LogP contribution in [-0.2, 0) is 11.2 Å². The van der Waals surface area contributed by atoms with E-state index in [-0.39, 0.29) is 6.10 Å². The molecule has 5 nitrogen and oxygen atoms in total. The fourth-order valence-corrected chi connectivity index (χ4v) is 1.93. The van der Waals surface area contributed by atoms with Crippen molar-refractivity contribution in [3.05, 3.63) is 11.7 Å². The van der Waals surface area contributed by atoms with Gasteiger partial charge >= 0.3 is 0 Å². The Kier molecular flexibility index (Phi) is 6.29. The summed E-state index contributed by atoms with van der Waals surface area (Å²) in [5.74, 6) is 1.86. The van der Waals surface area contributed by atoms with E-state index in [1.165, 1.54) is 0 Å². The van der Waals surface area contributed by atoms with Crippen LogP contribution in [0.25, 0.3) is 0 Å². The third kappa shape index (κ3) is 4.07. The van der Waals surface area contributed by atoms with Gasteiger partial charge in [-0.05, 0) is 18.9 Å². The molecule has 0 aromatic carbocycles. The zero-order valence-corrected chi connectivity index (χ0v) is 12.1. The highest BCUT2D eigenvalue weighted by Crippen LogP contribution is 2.17. The molecule has 2 atom stereocenters. The highest BCUT2D eigenvalue weighted by Gasteiger charge is 2.20. The second-order valence-electron chi connectivity index (χ2n) is 4.79. The molecule has 0 spiro atoms. The molecule has 0 aliphatic rings. The summed E-state index contributed by atoms with van der Waals surface area (Å²) in [5, 5.41) is 7.43. The van der Waals surface area contributed by atoms with Crippen molar-refractivity contribution in [2.45, 2.75) is 52.7 Å². The Morgan fingerprint density at radius 1 is 1.33 bits per heavy atom. The molecule has 1 N–H and O–H groups in total. The number of hydrogen-bond donors (Lipinski definition) is 1. The third-order valence-electron chi connectivity index (χ3n) is 3.09. The molecule has 0 radical (unpaired) electrons. The van der Waals surface area contributed by atoms with Gasteiger partial charge in [0.05, 0.1) is 0 Å². The van der Waals surface area contributed by atoms with Crippen LogP contribution in [0.5, 0.6) is 0 Å². The Morgan fingerprint density at radius 2 is 2.06 bits per heavy atom. The van der Waals surface area contributed by atoms with E-state index in [0.717, 1.165) is 19.4 Å². The van der Waals surface area contributed by atoms with Crippen molar-refractivity contribution in [3.63, 3.8) is 0 Å². The molecule has 0 saturated carbocycles. The Bertz CT molecular complexity index is 335. The van der Waals surface area contributed by atoms with Crippen LogP contribution < -0.4 is 5.32 Å². The Labute approximate surface area is 109 Å². The van der Waals surface area contributed by atoms with Crippen LogP contribution in [0.15, 0.2) is 4.52 Å². The highest BCUT2D eigenvalue weighted by molar-refractivity contribution is 4.93. The molecule has 104 valence electrons. The molecule has 1 heterocycles. The highest BCUT2D eigenvalue weighted by atomic mass is 16.5. The van der Waals surface area contributed by atoms with Crippen LogP contribution in [0.1, 0.15) is 51.9 Å². The molecule has 1 aromatic heterocycles. The van der Waals surface area contributed by atoms with Gasteiger partial charge in [0.15, 0.2) is 0 Å². The van der Waals surface area contributed by atoms with Crippen LogP contribution in [0, 0.1) is 5.92 Å². The first-order valence-electron chi connectivity index (χ1n) is 6.70. The van der Waals surface area contributed by atoms with Crippen molar-refractivity contribution in [2.75, 3.05) is 13.7 Å². The molecule has 0 bridgehead atoms. The number of hydrogen-bond acceptors (Lipinski definition) is 5. The van der Waals surface area contributed by atoms with E-state index >= 15 is 0 Å². The monoisotopic (exact) mass is 255 g/mol. The second kappa shape index (κ2) is 7.48. The fraction of sp³-hybridized carbons (Fsp3) is 0.846. The first-order chi connectivity index (χ1) is 8.62. The van der Waals surface area contributed by atoms with Gasteiger partial charge in [0.2, 0.25) is 11.7 Å². The number of ether oxygens (including phenoxy) is 1. The molecule has 0 fully saturated rings. The van der Waals surface area contributed by atoms with Crippen LogP contribution in [0.2, 0.25) is 0 Å². The lowest BCUT2D eigenvalue weighted by molar-refractivity contribution is 0.0903. The molecule has 0 amide bonds. The van der Waals surface area contributed by atoms with Crippen molar-refractivity contribution in [3.8, 4) is 0 Å². The van der Waals surface area contributed by atoms with E-state index in [9.17, 15) is 0 Å². The fourth-order valence-electron chi connectivity index (χ4n) is 1.93. The largest absolute Gasteiger partial charge is 0.373 e. The summed E-state index contributed by atoms with van der Waals surface area (Å²) in [5.41, 5.74) is 0. The Hall–Kier alpha value is -0.940. The summed E-state index contributed by atoms with van der Waals surface area (Å²) in [7, 11) is 1.67. The van der Waals surface area contributed by atoms with Gasteiger partial charge in [-0.25, -0.2) is 0 Å². The van der Waals surface area contributed by atoms with E-state index in [2.05, 4.69) is 36.2 Å². The second-order valence-corrected chi connectivity index (χ2v) is 4.79. The summed E-state index contributed by atoms with van der Waals surface area (Å²) in [6, 6.07) is 0.367. The van der Waals surface area contributed by atoms with Gasteiger partial charge in [-0.1, -0.05) is 32.9 Å². The van der Waals surface area contributed by atoms with Crippen LogP contribution in [-0.4, -0.2) is 29.8 Å². The molecule has 2 unspecified atom stereocenters. The number of rotatable bonds is 8. The number of aromatic nitrogens is 2. The van der Waals surface area contributed by atoms with E-state index in [1.54, 1.807) is 7.11 Å². The van der Waals surface area contributed by atoms with Gasteiger partial charge in [0.1, 0.15) is 6.10 Å². The SMILES string of the molecule is CCNC(Cc1nc(C(CC)OC)no1)C(C)C. The van der Waals surface area contributed by atoms with Gasteiger partial charge < -0.3 is 14.6 Å². The van der Waals surface area contributed by atoms with Gasteiger partial charge in [0, 0.05) is 19.6 Å². The zero-order chi connectivity index (χ0) is 13.5. The van der Waals surface area contributed by atoms with Crippen molar-refractivity contribution in [1.82, 2.24) is 15.5 Å². The molecular formula is C13H25N3O2. The standard InChI is InChI=1S/C13H25N3O2/c1-6-11(17-5)13-15-12(18-16-13)8-10(9(3)4)14-7-2/h9-11,14H,6-8H2,1-5H3. The average Bonchev–Trinajstić information content (AvgIpc) is 2.78. The average molecular weight is 255 g/mol. The molecule has 0 saturated heterocycles. The maximum absolute atomic E-state index is 5.30. The summed E-state index contributed by atoms with van der Waals surface area (Å²) >= 11 is 0. The lowest BCUT2D eigenvalue weighted by atomic mass is 10.0. The molecular weight excluding hydrogens is 230 g/mol. The summed E-state index contributed by atoms with van der Waals surface area (Å²) < 4.78 is 10.6. The minimum atomic E-state index is -0.0702. The third-order valence-corrected chi connectivity index (χ3v) is 3.09. The van der Waals surface area contributed by atoms with Gasteiger partial charge in [-0.3, -0.25) is 0 Å². The first-order valence-corrected chi connectivity index (χ1v) is 6.70. The predicted octanol–water partition coefficient (Wildman–Crippen LogP) is 2.34. The quantitative estimate of drug-likeness (QED) is 0.772. The maximum atomic E-state index is 5.30. The van der Waals surface area contributed by atoms with Crippen LogP contribution in [0.4, 0.5) is 0 Å². The van der Waals surface area contributed by atoms with Crippen molar-refractivity contribution >= 4 is 0 Å². The first kappa shape index (κ1) is 15.1. The van der Waals surface area contributed by atoms with E-state index in [0.29, 0.717) is 23.7 Å². The van der Waals surface area contributed by atoms with E-state index in [4.69, 9.17) is 9.26 Å². The van der Waals surface area contributed by atoms with E-state index < -0.39 is 0 Å². The summed E-state index contributed by atoms with van der Waals surface area (Å²) in [6.45, 7) is 9.47. The lowest BCUT2D eigenvalue weighted by Gasteiger charge is -2.19. The summed E-state index contributed by atoms with van der Waals surface area (Å²) in [4.78, 5) is 4.41. The van der Waals surface area contributed by atoms with Gasteiger partial charge in [-0.15, -0.1) is 0 Å². The Morgan fingerprint density at radius 3 is 2.56 bits per heavy atom. The molecule has 18 heavy (non-hydrogen) atoms. The van der Waals surface area contributed by atoms with Gasteiger partial charge in [0.25, 0.3) is 0 Å². The molecule has 0 aliphatic carbocycles. The predicted molar refractivity (Wildman–Crippen MR) is 70.3 cm³/mol.